The van der Waals surface area contributed by atoms with Crippen LogP contribution in [0.2, 0.25) is 0 Å². The predicted molar refractivity (Wildman–Crippen MR) is 85.3 cm³/mol. The standard InChI is InChI=1S/C18H28FNO/c1-20-13-12-18(9-4-3-5-10-18)11-8-15-6-7-17(21-2)16(19)14-15/h6-7,14,20H,3-5,8-13H2,1-2H3. The summed E-state index contributed by atoms with van der Waals surface area (Å²) in [5.41, 5.74) is 1.54. The van der Waals surface area contributed by atoms with Gasteiger partial charge in [0.15, 0.2) is 11.6 Å². The first-order chi connectivity index (χ1) is 10.2. The fraction of sp³-hybridized carbons (Fsp3) is 0.667. The van der Waals surface area contributed by atoms with Gasteiger partial charge >= 0.3 is 0 Å². The van der Waals surface area contributed by atoms with E-state index in [-0.39, 0.29) is 5.82 Å². The molecule has 0 heterocycles. The van der Waals surface area contributed by atoms with Crippen molar-refractivity contribution in [3.8, 4) is 5.75 Å². The van der Waals surface area contributed by atoms with Gasteiger partial charge in [-0.2, -0.15) is 0 Å². The molecular weight excluding hydrogens is 265 g/mol. The molecule has 1 N–H and O–H groups in total. The Morgan fingerprint density at radius 2 is 1.95 bits per heavy atom. The Hall–Kier alpha value is -1.09. The Bertz CT molecular complexity index is 441. The van der Waals surface area contributed by atoms with Gasteiger partial charge in [-0.25, -0.2) is 4.39 Å². The van der Waals surface area contributed by atoms with Crippen LogP contribution in [0.5, 0.6) is 5.75 Å². The topological polar surface area (TPSA) is 21.3 Å². The Morgan fingerprint density at radius 1 is 1.19 bits per heavy atom. The van der Waals surface area contributed by atoms with E-state index in [1.54, 1.807) is 12.1 Å². The van der Waals surface area contributed by atoms with Gasteiger partial charge in [0.2, 0.25) is 0 Å². The SMILES string of the molecule is CNCCC1(CCc2ccc(OC)c(F)c2)CCCCC1. The highest BCUT2D eigenvalue weighted by Crippen LogP contribution is 2.42. The molecule has 1 saturated carbocycles. The second-order valence-electron chi connectivity index (χ2n) is 6.38. The lowest BCUT2D eigenvalue weighted by Crippen LogP contribution is -2.29. The van der Waals surface area contributed by atoms with E-state index in [1.165, 1.54) is 52.1 Å². The highest BCUT2D eigenvalue weighted by Gasteiger charge is 2.30. The maximum absolute atomic E-state index is 13.8. The molecule has 1 aromatic rings. The molecule has 1 fully saturated rings. The van der Waals surface area contributed by atoms with Gasteiger partial charge in [0.1, 0.15) is 0 Å². The number of halogens is 1. The molecule has 0 radical (unpaired) electrons. The maximum atomic E-state index is 13.8. The summed E-state index contributed by atoms with van der Waals surface area (Å²) in [6.45, 7) is 1.08. The van der Waals surface area contributed by atoms with Crippen molar-refractivity contribution in [1.82, 2.24) is 5.32 Å². The summed E-state index contributed by atoms with van der Waals surface area (Å²) in [5.74, 6) is 0.0873. The third-order valence-corrected chi connectivity index (χ3v) is 4.98. The number of ether oxygens (including phenoxy) is 1. The monoisotopic (exact) mass is 293 g/mol. The molecule has 1 aliphatic rings. The summed E-state index contributed by atoms with van der Waals surface area (Å²) in [6.07, 6.45) is 10.1. The van der Waals surface area contributed by atoms with E-state index in [4.69, 9.17) is 4.74 Å². The quantitative estimate of drug-likeness (QED) is 0.808. The van der Waals surface area contributed by atoms with Crippen LogP contribution >= 0.6 is 0 Å². The molecule has 0 aromatic heterocycles. The van der Waals surface area contributed by atoms with E-state index < -0.39 is 0 Å². The van der Waals surface area contributed by atoms with Crippen molar-refractivity contribution in [2.45, 2.75) is 51.4 Å². The lowest BCUT2D eigenvalue weighted by molar-refractivity contribution is 0.157. The molecule has 2 nitrogen and oxygen atoms in total. The zero-order valence-electron chi connectivity index (χ0n) is 13.4. The van der Waals surface area contributed by atoms with Crippen molar-refractivity contribution in [3.05, 3.63) is 29.6 Å². The fourth-order valence-corrected chi connectivity index (χ4v) is 3.59. The van der Waals surface area contributed by atoms with Gasteiger partial charge in [-0.3, -0.25) is 0 Å². The Balaban J connectivity index is 1.99. The molecule has 3 heteroatoms. The molecule has 1 aliphatic carbocycles. The van der Waals surface area contributed by atoms with Crippen molar-refractivity contribution in [2.75, 3.05) is 20.7 Å². The van der Waals surface area contributed by atoms with Crippen molar-refractivity contribution in [2.24, 2.45) is 5.41 Å². The smallest absolute Gasteiger partial charge is 0.165 e. The number of benzene rings is 1. The average Bonchev–Trinajstić information content (AvgIpc) is 2.52. The molecule has 0 spiro atoms. The summed E-state index contributed by atoms with van der Waals surface area (Å²) in [6, 6.07) is 5.37. The van der Waals surface area contributed by atoms with E-state index in [1.807, 2.05) is 13.1 Å². The number of rotatable bonds is 7. The highest BCUT2D eigenvalue weighted by atomic mass is 19.1. The van der Waals surface area contributed by atoms with Crippen molar-refractivity contribution >= 4 is 0 Å². The molecule has 1 aromatic carbocycles. The first-order valence-electron chi connectivity index (χ1n) is 8.16. The number of methoxy groups -OCH3 is 1. The van der Waals surface area contributed by atoms with Gasteiger partial charge in [0, 0.05) is 0 Å². The molecule has 0 unspecified atom stereocenters. The van der Waals surface area contributed by atoms with E-state index in [0.29, 0.717) is 11.2 Å². The van der Waals surface area contributed by atoms with Crippen LogP contribution in [-0.2, 0) is 6.42 Å². The Morgan fingerprint density at radius 3 is 2.57 bits per heavy atom. The van der Waals surface area contributed by atoms with Crippen LogP contribution in [-0.4, -0.2) is 20.7 Å². The number of hydrogen-bond acceptors (Lipinski definition) is 2. The van der Waals surface area contributed by atoms with Crippen LogP contribution in [0.4, 0.5) is 4.39 Å². The molecule has 0 aliphatic heterocycles. The summed E-state index contributed by atoms with van der Waals surface area (Å²) in [4.78, 5) is 0. The minimum absolute atomic E-state index is 0.247. The van der Waals surface area contributed by atoms with Crippen LogP contribution in [0, 0.1) is 11.2 Å². The lowest BCUT2D eigenvalue weighted by Gasteiger charge is -2.38. The zero-order valence-corrected chi connectivity index (χ0v) is 13.4. The van der Waals surface area contributed by atoms with Gasteiger partial charge < -0.3 is 10.1 Å². The number of nitrogens with one attached hydrogen (secondary N) is 1. The maximum Gasteiger partial charge on any atom is 0.165 e. The molecule has 0 amide bonds. The minimum atomic E-state index is -0.247. The molecule has 21 heavy (non-hydrogen) atoms. The Labute approximate surface area is 128 Å². The van der Waals surface area contributed by atoms with Crippen LogP contribution < -0.4 is 10.1 Å². The Kier molecular flexibility index (Phi) is 6.04. The van der Waals surface area contributed by atoms with E-state index in [2.05, 4.69) is 5.32 Å². The van der Waals surface area contributed by atoms with Crippen molar-refractivity contribution in [3.63, 3.8) is 0 Å². The van der Waals surface area contributed by atoms with Crippen molar-refractivity contribution < 1.29 is 9.13 Å². The van der Waals surface area contributed by atoms with Crippen molar-refractivity contribution in [1.29, 1.82) is 0 Å². The summed E-state index contributed by atoms with van der Waals surface area (Å²) in [7, 11) is 3.53. The lowest BCUT2D eigenvalue weighted by atomic mass is 9.68. The van der Waals surface area contributed by atoms with Gasteiger partial charge in [0.25, 0.3) is 0 Å². The van der Waals surface area contributed by atoms with Gasteiger partial charge in [-0.05, 0) is 68.8 Å². The predicted octanol–water partition coefficient (Wildman–Crippen LogP) is 4.33. The first kappa shape index (κ1) is 16.3. The summed E-state index contributed by atoms with van der Waals surface area (Å²) in [5, 5.41) is 3.29. The second kappa shape index (κ2) is 7.79. The molecule has 2 rings (SSSR count). The van der Waals surface area contributed by atoms with E-state index in [0.717, 1.165) is 18.5 Å². The van der Waals surface area contributed by atoms with Crippen LogP contribution in [0.1, 0.15) is 50.5 Å². The van der Waals surface area contributed by atoms with Crippen LogP contribution in [0.3, 0.4) is 0 Å². The molecule has 0 saturated heterocycles. The largest absolute Gasteiger partial charge is 0.494 e. The minimum Gasteiger partial charge on any atom is -0.494 e. The molecular formula is C18H28FNO. The highest BCUT2D eigenvalue weighted by molar-refractivity contribution is 5.29. The normalized spacial score (nSPS) is 17.7. The number of aryl methyl sites for hydroxylation is 1. The molecule has 0 atom stereocenters. The van der Waals surface area contributed by atoms with Crippen LogP contribution in [0.25, 0.3) is 0 Å². The molecule has 0 bridgehead atoms. The third-order valence-electron chi connectivity index (χ3n) is 4.98. The van der Waals surface area contributed by atoms with E-state index >= 15 is 0 Å². The fourth-order valence-electron chi connectivity index (χ4n) is 3.59. The molecule has 118 valence electrons. The van der Waals surface area contributed by atoms with E-state index in [9.17, 15) is 4.39 Å². The summed E-state index contributed by atoms with van der Waals surface area (Å²) >= 11 is 0. The van der Waals surface area contributed by atoms with Gasteiger partial charge in [-0.1, -0.05) is 25.3 Å². The third kappa shape index (κ3) is 4.44. The second-order valence-corrected chi connectivity index (χ2v) is 6.38. The van der Waals surface area contributed by atoms with Gasteiger partial charge in [0.05, 0.1) is 7.11 Å². The average molecular weight is 293 g/mol. The number of hydrogen-bond donors (Lipinski definition) is 1. The van der Waals surface area contributed by atoms with Gasteiger partial charge in [-0.15, -0.1) is 0 Å². The summed E-state index contributed by atoms with van der Waals surface area (Å²) < 4.78 is 18.8. The van der Waals surface area contributed by atoms with Crippen LogP contribution in [0.15, 0.2) is 18.2 Å². The zero-order chi connectivity index (χ0) is 15.1. The first-order valence-corrected chi connectivity index (χ1v) is 8.16.